The van der Waals surface area contributed by atoms with Gasteiger partial charge in [0.15, 0.2) is 0 Å². The molecule has 3 rings (SSSR count). The first-order valence-corrected chi connectivity index (χ1v) is 7.32. The summed E-state index contributed by atoms with van der Waals surface area (Å²) >= 11 is 6.02. The zero-order chi connectivity index (χ0) is 13.4. The van der Waals surface area contributed by atoms with Crippen molar-refractivity contribution in [2.45, 2.75) is 13.3 Å². The van der Waals surface area contributed by atoms with Gasteiger partial charge in [-0.05, 0) is 30.5 Å². The summed E-state index contributed by atoms with van der Waals surface area (Å²) in [4.78, 5) is 16.5. The van der Waals surface area contributed by atoms with Gasteiger partial charge < -0.3 is 9.80 Å². The number of halogens is 1. The van der Waals surface area contributed by atoms with Crippen molar-refractivity contribution in [3.05, 3.63) is 29.3 Å². The molecule has 2 fully saturated rings. The van der Waals surface area contributed by atoms with Gasteiger partial charge in [0, 0.05) is 42.8 Å². The monoisotopic (exact) mass is 278 g/mol. The van der Waals surface area contributed by atoms with Crippen LogP contribution in [0.15, 0.2) is 24.3 Å². The molecule has 0 spiro atoms. The molecule has 0 N–H and O–H groups in total. The lowest BCUT2D eigenvalue weighted by Gasteiger charge is -2.36. The van der Waals surface area contributed by atoms with E-state index in [9.17, 15) is 4.79 Å². The van der Waals surface area contributed by atoms with Gasteiger partial charge in [0.25, 0.3) is 0 Å². The molecule has 1 saturated carbocycles. The zero-order valence-electron chi connectivity index (χ0n) is 11.2. The lowest BCUT2D eigenvalue weighted by Crippen LogP contribution is -2.49. The minimum atomic E-state index is 0.303. The Hall–Kier alpha value is -1.22. The highest BCUT2D eigenvalue weighted by molar-refractivity contribution is 6.30. The average Bonchev–Trinajstić information content (AvgIpc) is 3.15. The van der Waals surface area contributed by atoms with E-state index >= 15 is 0 Å². The summed E-state index contributed by atoms with van der Waals surface area (Å²) in [5.74, 6) is 1.26. The topological polar surface area (TPSA) is 23.6 Å². The number of hydrogen-bond acceptors (Lipinski definition) is 2. The minimum Gasteiger partial charge on any atom is -0.368 e. The number of anilines is 1. The van der Waals surface area contributed by atoms with E-state index in [1.54, 1.807) is 0 Å². The smallest absolute Gasteiger partial charge is 0.226 e. The van der Waals surface area contributed by atoms with Crippen molar-refractivity contribution in [3.8, 4) is 0 Å². The number of benzene rings is 1. The van der Waals surface area contributed by atoms with Crippen molar-refractivity contribution in [3.63, 3.8) is 0 Å². The highest BCUT2D eigenvalue weighted by Crippen LogP contribution is 2.39. The molecule has 1 aliphatic carbocycles. The van der Waals surface area contributed by atoms with Crippen LogP contribution in [0.5, 0.6) is 0 Å². The number of amides is 1. The molecule has 1 amide bonds. The maximum absolute atomic E-state index is 12.2. The summed E-state index contributed by atoms with van der Waals surface area (Å²) in [5.41, 5.74) is 1.15. The molecule has 0 bridgehead atoms. The van der Waals surface area contributed by atoms with Crippen LogP contribution in [-0.4, -0.2) is 37.0 Å². The van der Waals surface area contributed by atoms with Crippen molar-refractivity contribution in [2.24, 2.45) is 11.8 Å². The van der Waals surface area contributed by atoms with E-state index < -0.39 is 0 Å². The molecule has 2 atom stereocenters. The SMILES string of the molecule is C[C@@H]1C[C@H]1C(=O)N1CCN(c2cccc(Cl)c2)CC1. The van der Waals surface area contributed by atoms with Gasteiger partial charge in [-0.1, -0.05) is 24.6 Å². The second-order valence-corrected chi connectivity index (χ2v) is 6.05. The fourth-order valence-corrected chi connectivity index (χ4v) is 2.94. The quantitative estimate of drug-likeness (QED) is 0.830. The van der Waals surface area contributed by atoms with E-state index in [0.29, 0.717) is 17.7 Å². The number of carbonyl (C=O) groups is 1. The largest absolute Gasteiger partial charge is 0.368 e. The maximum Gasteiger partial charge on any atom is 0.226 e. The number of rotatable bonds is 2. The first-order chi connectivity index (χ1) is 9.15. The Kier molecular flexibility index (Phi) is 3.40. The summed E-state index contributed by atoms with van der Waals surface area (Å²) in [6.45, 7) is 5.61. The van der Waals surface area contributed by atoms with E-state index in [1.807, 2.05) is 23.1 Å². The van der Waals surface area contributed by atoms with Gasteiger partial charge in [0.05, 0.1) is 0 Å². The molecule has 3 nitrogen and oxygen atoms in total. The van der Waals surface area contributed by atoms with Crippen molar-refractivity contribution < 1.29 is 4.79 Å². The molecule has 0 aromatic heterocycles. The van der Waals surface area contributed by atoms with Gasteiger partial charge in [0.2, 0.25) is 5.91 Å². The fraction of sp³-hybridized carbons (Fsp3) is 0.533. The fourth-order valence-electron chi connectivity index (χ4n) is 2.76. The standard InChI is InChI=1S/C15H19ClN2O/c1-11-9-14(11)15(19)18-7-5-17(6-8-18)13-4-2-3-12(16)10-13/h2-4,10-11,14H,5-9H2,1H3/t11-,14-/m1/s1. The van der Waals surface area contributed by atoms with Crippen LogP contribution in [0, 0.1) is 11.8 Å². The molecular weight excluding hydrogens is 260 g/mol. The third-order valence-electron chi connectivity index (χ3n) is 4.19. The van der Waals surface area contributed by atoms with Gasteiger partial charge in [-0.2, -0.15) is 0 Å². The van der Waals surface area contributed by atoms with E-state index in [2.05, 4.69) is 17.9 Å². The van der Waals surface area contributed by atoms with Crippen LogP contribution in [0.25, 0.3) is 0 Å². The van der Waals surface area contributed by atoms with E-state index in [0.717, 1.165) is 43.3 Å². The zero-order valence-corrected chi connectivity index (χ0v) is 11.9. The molecule has 1 aliphatic heterocycles. The van der Waals surface area contributed by atoms with Crippen LogP contribution in [0.2, 0.25) is 5.02 Å². The van der Waals surface area contributed by atoms with Gasteiger partial charge in [-0.15, -0.1) is 0 Å². The molecule has 0 unspecified atom stereocenters. The van der Waals surface area contributed by atoms with Crippen LogP contribution >= 0.6 is 11.6 Å². The van der Waals surface area contributed by atoms with Crippen molar-refractivity contribution in [1.29, 1.82) is 0 Å². The molecule has 1 heterocycles. The molecule has 0 radical (unpaired) electrons. The van der Waals surface area contributed by atoms with Crippen molar-refractivity contribution >= 4 is 23.2 Å². The normalized spacial score (nSPS) is 26.4. The Bertz CT molecular complexity index is 483. The van der Waals surface area contributed by atoms with Gasteiger partial charge in [-0.25, -0.2) is 0 Å². The van der Waals surface area contributed by atoms with E-state index in [1.165, 1.54) is 0 Å². The minimum absolute atomic E-state index is 0.303. The maximum atomic E-state index is 12.2. The molecule has 19 heavy (non-hydrogen) atoms. The van der Waals surface area contributed by atoms with Gasteiger partial charge >= 0.3 is 0 Å². The molecule has 2 aliphatic rings. The number of hydrogen-bond donors (Lipinski definition) is 0. The van der Waals surface area contributed by atoms with Crippen LogP contribution in [0.4, 0.5) is 5.69 Å². The second kappa shape index (κ2) is 5.04. The van der Waals surface area contributed by atoms with Crippen LogP contribution in [-0.2, 0) is 4.79 Å². The Labute approximate surface area is 119 Å². The van der Waals surface area contributed by atoms with Gasteiger partial charge in [0.1, 0.15) is 0 Å². The molecule has 1 aromatic carbocycles. The summed E-state index contributed by atoms with van der Waals surface area (Å²) in [5, 5.41) is 0.766. The average molecular weight is 279 g/mol. The van der Waals surface area contributed by atoms with Crippen LogP contribution < -0.4 is 4.90 Å². The number of nitrogens with zero attached hydrogens (tertiary/aromatic N) is 2. The van der Waals surface area contributed by atoms with Gasteiger partial charge in [-0.3, -0.25) is 4.79 Å². The van der Waals surface area contributed by atoms with Crippen LogP contribution in [0.3, 0.4) is 0 Å². The predicted octanol–water partition coefficient (Wildman–Crippen LogP) is 2.64. The van der Waals surface area contributed by atoms with Crippen molar-refractivity contribution in [2.75, 3.05) is 31.1 Å². The Morgan fingerprint density at radius 3 is 2.53 bits per heavy atom. The molecular formula is C15H19ClN2O. The molecule has 1 aromatic rings. The summed E-state index contributed by atoms with van der Waals surface area (Å²) in [6, 6.07) is 7.93. The third-order valence-corrected chi connectivity index (χ3v) is 4.43. The lowest BCUT2D eigenvalue weighted by atomic mass is 10.2. The molecule has 4 heteroatoms. The van der Waals surface area contributed by atoms with Crippen LogP contribution in [0.1, 0.15) is 13.3 Å². The Morgan fingerprint density at radius 2 is 1.95 bits per heavy atom. The Morgan fingerprint density at radius 1 is 1.26 bits per heavy atom. The predicted molar refractivity (Wildman–Crippen MR) is 77.5 cm³/mol. The first-order valence-electron chi connectivity index (χ1n) is 6.94. The number of piperazine rings is 1. The highest BCUT2D eigenvalue weighted by Gasteiger charge is 2.41. The highest BCUT2D eigenvalue weighted by atomic mass is 35.5. The molecule has 1 saturated heterocycles. The summed E-state index contributed by atoms with van der Waals surface area (Å²) < 4.78 is 0. The van der Waals surface area contributed by atoms with E-state index in [-0.39, 0.29) is 0 Å². The first kappa shape index (κ1) is 12.8. The summed E-state index contributed by atoms with van der Waals surface area (Å²) in [7, 11) is 0. The molecule has 102 valence electrons. The second-order valence-electron chi connectivity index (χ2n) is 5.61. The summed E-state index contributed by atoms with van der Waals surface area (Å²) in [6.07, 6.45) is 1.08. The van der Waals surface area contributed by atoms with Crippen molar-refractivity contribution in [1.82, 2.24) is 4.90 Å². The third kappa shape index (κ3) is 2.71. The lowest BCUT2D eigenvalue weighted by molar-refractivity contribution is -0.133. The number of carbonyl (C=O) groups excluding carboxylic acids is 1. The van der Waals surface area contributed by atoms with E-state index in [4.69, 9.17) is 11.6 Å². The Balaban J connectivity index is 1.59.